The normalized spacial score (nSPS) is 19.3. The van der Waals surface area contributed by atoms with Gasteiger partial charge in [-0.25, -0.2) is 0 Å². The van der Waals surface area contributed by atoms with Crippen molar-refractivity contribution in [2.24, 2.45) is 0 Å². The Balaban J connectivity index is 1.69. The van der Waals surface area contributed by atoms with Gasteiger partial charge in [-0.1, -0.05) is 0 Å². The molecule has 0 spiro atoms. The minimum atomic E-state index is 0.0597. The summed E-state index contributed by atoms with van der Waals surface area (Å²) in [5.41, 5.74) is 0.223. The molecule has 2 rings (SSSR count). The van der Waals surface area contributed by atoms with Crippen molar-refractivity contribution in [3.8, 4) is 0 Å². The summed E-state index contributed by atoms with van der Waals surface area (Å²) >= 11 is 0. The number of hydrogen-bond acceptors (Lipinski definition) is 4. The van der Waals surface area contributed by atoms with Gasteiger partial charge < -0.3 is 15.1 Å². The molecule has 2 N–H and O–H groups in total. The van der Waals surface area contributed by atoms with Gasteiger partial charge in [0.15, 0.2) is 0 Å². The molecule has 1 aliphatic heterocycles. The number of likely N-dealkylation sites (tertiary alicyclic amines) is 1. The number of amides is 1. The van der Waals surface area contributed by atoms with E-state index in [9.17, 15) is 4.79 Å². The topological polar surface area (TPSA) is 57.5 Å². The van der Waals surface area contributed by atoms with Crippen LogP contribution in [0.4, 0.5) is 0 Å². The molecule has 0 atom stereocenters. The lowest BCUT2D eigenvalue weighted by atomic mass is 9.90. The fraction of sp³-hybridized carbons (Fsp3) is 0.643. The molecule has 0 radical (unpaired) electrons. The summed E-state index contributed by atoms with van der Waals surface area (Å²) < 4.78 is 5.18. The second-order valence-corrected chi connectivity index (χ2v) is 5.44. The lowest BCUT2D eigenvalue weighted by Crippen LogP contribution is -2.51. The van der Waals surface area contributed by atoms with Crippen LogP contribution in [0.3, 0.4) is 0 Å². The van der Waals surface area contributed by atoms with Crippen molar-refractivity contribution in [1.82, 2.24) is 15.5 Å². The SMILES string of the molecule is CNC1(C)CCN(CC(=O)NCc2ccco2)CC1. The molecule has 0 aromatic carbocycles. The molecular weight excluding hydrogens is 242 g/mol. The van der Waals surface area contributed by atoms with E-state index < -0.39 is 0 Å². The lowest BCUT2D eigenvalue weighted by molar-refractivity contribution is -0.122. The van der Waals surface area contributed by atoms with Gasteiger partial charge in [0.1, 0.15) is 5.76 Å². The van der Waals surface area contributed by atoms with Crippen molar-refractivity contribution in [3.63, 3.8) is 0 Å². The van der Waals surface area contributed by atoms with Crippen LogP contribution in [0.1, 0.15) is 25.5 Å². The number of nitrogens with one attached hydrogen (secondary N) is 2. The van der Waals surface area contributed by atoms with E-state index in [-0.39, 0.29) is 11.4 Å². The van der Waals surface area contributed by atoms with Crippen LogP contribution < -0.4 is 10.6 Å². The molecule has 1 fully saturated rings. The van der Waals surface area contributed by atoms with Crippen LogP contribution in [0, 0.1) is 0 Å². The Labute approximate surface area is 114 Å². The van der Waals surface area contributed by atoms with Gasteiger partial charge in [-0.2, -0.15) is 0 Å². The average molecular weight is 265 g/mol. The van der Waals surface area contributed by atoms with Gasteiger partial charge in [0.25, 0.3) is 0 Å². The van der Waals surface area contributed by atoms with Crippen molar-refractivity contribution in [2.45, 2.75) is 31.8 Å². The number of furan rings is 1. The summed E-state index contributed by atoms with van der Waals surface area (Å²) in [5, 5.41) is 6.24. The number of nitrogens with zero attached hydrogens (tertiary/aromatic N) is 1. The Kier molecular flexibility index (Phi) is 4.61. The molecule has 19 heavy (non-hydrogen) atoms. The highest BCUT2D eigenvalue weighted by atomic mass is 16.3. The Morgan fingerprint density at radius 1 is 1.47 bits per heavy atom. The molecule has 0 aliphatic carbocycles. The van der Waals surface area contributed by atoms with Crippen molar-refractivity contribution in [2.75, 3.05) is 26.7 Å². The third-order valence-corrected chi connectivity index (χ3v) is 3.97. The highest BCUT2D eigenvalue weighted by Crippen LogP contribution is 2.20. The maximum Gasteiger partial charge on any atom is 0.234 e. The van der Waals surface area contributed by atoms with E-state index in [1.54, 1.807) is 6.26 Å². The van der Waals surface area contributed by atoms with Crippen LogP contribution in [0.5, 0.6) is 0 Å². The minimum Gasteiger partial charge on any atom is -0.467 e. The zero-order valence-electron chi connectivity index (χ0n) is 11.7. The minimum absolute atomic E-state index is 0.0597. The van der Waals surface area contributed by atoms with Gasteiger partial charge in [-0.15, -0.1) is 0 Å². The molecule has 1 aliphatic rings. The number of hydrogen-bond donors (Lipinski definition) is 2. The van der Waals surface area contributed by atoms with Gasteiger partial charge >= 0.3 is 0 Å². The second-order valence-electron chi connectivity index (χ2n) is 5.44. The molecule has 0 bridgehead atoms. The summed E-state index contributed by atoms with van der Waals surface area (Å²) in [7, 11) is 2.01. The van der Waals surface area contributed by atoms with Crippen molar-refractivity contribution < 1.29 is 9.21 Å². The quantitative estimate of drug-likeness (QED) is 0.833. The largest absolute Gasteiger partial charge is 0.467 e. The summed E-state index contributed by atoms with van der Waals surface area (Å²) in [6, 6.07) is 3.68. The first-order valence-electron chi connectivity index (χ1n) is 6.82. The maximum absolute atomic E-state index is 11.8. The van der Waals surface area contributed by atoms with Gasteiger partial charge in [0.05, 0.1) is 19.4 Å². The maximum atomic E-state index is 11.8. The fourth-order valence-corrected chi connectivity index (χ4v) is 2.31. The number of carbonyl (C=O) groups is 1. The van der Waals surface area contributed by atoms with Crippen molar-refractivity contribution in [1.29, 1.82) is 0 Å². The van der Waals surface area contributed by atoms with Crippen LogP contribution in [0.25, 0.3) is 0 Å². The van der Waals surface area contributed by atoms with Gasteiger partial charge in [-0.05, 0) is 38.9 Å². The van der Waals surface area contributed by atoms with Crippen LogP contribution in [0.15, 0.2) is 22.8 Å². The van der Waals surface area contributed by atoms with Crippen LogP contribution in [-0.4, -0.2) is 43.0 Å². The predicted molar refractivity (Wildman–Crippen MR) is 73.7 cm³/mol. The predicted octanol–water partition coefficient (Wildman–Crippen LogP) is 0.970. The first-order valence-corrected chi connectivity index (χ1v) is 6.82. The molecule has 1 aromatic rings. The Hall–Kier alpha value is -1.33. The molecule has 5 nitrogen and oxygen atoms in total. The summed E-state index contributed by atoms with van der Waals surface area (Å²) in [6.07, 6.45) is 3.77. The third-order valence-electron chi connectivity index (χ3n) is 3.97. The first kappa shape index (κ1) is 14.1. The molecule has 0 unspecified atom stereocenters. The molecule has 106 valence electrons. The van der Waals surface area contributed by atoms with E-state index in [0.29, 0.717) is 13.1 Å². The molecular formula is C14H23N3O2. The Morgan fingerprint density at radius 3 is 2.79 bits per heavy atom. The molecule has 5 heteroatoms. The second kappa shape index (κ2) is 6.21. The van der Waals surface area contributed by atoms with Gasteiger partial charge in [-0.3, -0.25) is 9.69 Å². The van der Waals surface area contributed by atoms with E-state index in [1.807, 2.05) is 19.2 Å². The zero-order chi connectivity index (χ0) is 13.7. The Bertz CT molecular complexity index is 395. The lowest BCUT2D eigenvalue weighted by Gasteiger charge is -2.38. The summed E-state index contributed by atoms with van der Waals surface area (Å²) in [4.78, 5) is 14.0. The van der Waals surface area contributed by atoms with Gasteiger partial charge in [0, 0.05) is 18.6 Å². The molecule has 1 amide bonds. The number of piperidine rings is 1. The monoisotopic (exact) mass is 265 g/mol. The van der Waals surface area contributed by atoms with Gasteiger partial charge in [0.2, 0.25) is 5.91 Å². The van der Waals surface area contributed by atoms with E-state index in [2.05, 4.69) is 22.5 Å². The van der Waals surface area contributed by atoms with Crippen LogP contribution in [0.2, 0.25) is 0 Å². The number of rotatable bonds is 5. The summed E-state index contributed by atoms with van der Waals surface area (Å²) in [6.45, 7) is 5.10. The van der Waals surface area contributed by atoms with E-state index in [1.165, 1.54) is 0 Å². The zero-order valence-corrected chi connectivity index (χ0v) is 11.7. The highest BCUT2D eigenvalue weighted by molar-refractivity contribution is 5.77. The molecule has 1 saturated heterocycles. The molecule has 1 aromatic heterocycles. The summed E-state index contributed by atoms with van der Waals surface area (Å²) in [5.74, 6) is 0.846. The fourth-order valence-electron chi connectivity index (χ4n) is 2.31. The van der Waals surface area contributed by atoms with Crippen molar-refractivity contribution >= 4 is 5.91 Å². The Morgan fingerprint density at radius 2 is 2.21 bits per heavy atom. The molecule has 2 heterocycles. The molecule has 0 saturated carbocycles. The van der Waals surface area contributed by atoms with E-state index >= 15 is 0 Å². The standard InChI is InChI=1S/C14H23N3O2/c1-14(15-2)5-7-17(8-6-14)11-13(18)16-10-12-4-3-9-19-12/h3-4,9,15H,5-8,10-11H2,1-2H3,(H,16,18). The third kappa shape index (κ3) is 4.08. The van der Waals surface area contributed by atoms with Crippen LogP contribution in [-0.2, 0) is 11.3 Å². The van der Waals surface area contributed by atoms with E-state index in [0.717, 1.165) is 31.7 Å². The van der Waals surface area contributed by atoms with Crippen LogP contribution >= 0.6 is 0 Å². The van der Waals surface area contributed by atoms with E-state index in [4.69, 9.17) is 4.42 Å². The first-order chi connectivity index (χ1) is 9.11. The highest BCUT2D eigenvalue weighted by Gasteiger charge is 2.28. The average Bonchev–Trinajstić information content (AvgIpc) is 2.93. The smallest absolute Gasteiger partial charge is 0.234 e. The number of carbonyl (C=O) groups excluding carboxylic acids is 1. The van der Waals surface area contributed by atoms with Crippen molar-refractivity contribution in [3.05, 3.63) is 24.2 Å².